The maximum Gasteiger partial charge on any atom is 0.257 e. The molecule has 0 spiro atoms. The minimum Gasteiger partial charge on any atom is -0.496 e. The van der Waals surface area contributed by atoms with Crippen molar-refractivity contribution in [1.29, 1.82) is 0 Å². The maximum atomic E-state index is 12.5. The van der Waals surface area contributed by atoms with E-state index in [1.165, 1.54) is 11.3 Å². The van der Waals surface area contributed by atoms with Crippen molar-refractivity contribution < 1.29 is 14.3 Å². The Balaban J connectivity index is 1.78. The molecule has 0 aliphatic rings. The number of aromatic nitrogens is 1. The summed E-state index contributed by atoms with van der Waals surface area (Å²) in [6, 6.07) is 13.0. The third kappa shape index (κ3) is 4.28. The number of ether oxygens (including phenoxy) is 2. The number of rotatable bonds is 6. The van der Waals surface area contributed by atoms with Crippen molar-refractivity contribution in [3.05, 3.63) is 58.5 Å². The smallest absolute Gasteiger partial charge is 0.257 e. The van der Waals surface area contributed by atoms with E-state index < -0.39 is 0 Å². The van der Waals surface area contributed by atoms with Crippen LogP contribution in [-0.4, -0.2) is 24.6 Å². The lowest BCUT2D eigenvalue weighted by atomic mass is 10.1. The Kier molecular flexibility index (Phi) is 5.76. The lowest BCUT2D eigenvalue weighted by Gasteiger charge is -2.06. The van der Waals surface area contributed by atoms with Gasteiger partial charge in [0.1, 0.15) is 11.5 Å². The van der Waals surface area contributed by atoms with E-state index in [1.807, 2.05) is 39.0 Å². The van der Waals surface area contributed by atoms with Crippen LogP contribution in [0.4, 0.5) is 5.13 Å². The predicted octanol–water partition coefficient (Wildman–Crippen LogP) is 5.09. The first-order valence-corrected chi connectivity index (χ1v) is 9.50. The molecule has 1 heterocycles. The highest BCUT2D eigenvalue weighted by molar-refractivity contribution is 7.16. The zero-order valence-corrected chi connectivity index (χ0v) is 16.6. The molecule has 1 amide bonds. The fourth-order valence-electron chi connectivity index (χ4n) is 2.78. The molecule has 1 N–H and O–H groups in total. The van der Waals surface area contributed by atoms with Crippen molar-refractivity contribution in [3.63, 3.8) is 0 Å². The van der Waals surface area contributed by atoms with Crippen LogP contribution in [0.25, 0.3) is 11.3 Å². The van der Waals surface area contributed by atoms with Crippen LogP contribution in [0.15, 0.2) is 42.5 Å². The third-order valence-corrected chi connectivity index (χ3v) is 5.00. The van der Waals surface area contributed by atoms with Crippen LogP contribution in [-0.2, 0) is 0 Å². The second-order valence-electron chi connectivity index (χ2n) is 6.02. The molecule has 0 unspecified atom stereocenters. The van der Waals surface area contributed by atoms with Gasteiger partial charge in [-0.25, -0.2) is 4.98 Å². The van der Waals surface area contributed by atoms with Gasteiger partial charge in [-0.1, -0.05) is 0 Å². The first-order valence-electron chi connectivity index (χ1n) is 8.68. The second kappa shape index (κ2) is 8.22. The normalized spacial score (nSPS) is 10.5. The minimum absolute atomic E-state index is 0.191. The average Bonchev–Trinajstić information content (AvgIpc) is 3.02. The molecule has 6 heteroatoms. The summed E-state index contributed by atoms with van der Waals surface area (Å²) in [6.07, 6.45) is 0. The van der Waals surface area contributed by atoms with Gasteiger partial charge in [0.15, 0.2) is 5.13 Å². The molecule has 3 aromatic rings. The van der Waals surface area contributed by atoms with Gasteiger partial charge in [0.05, 0.1) is 19.4 Å². The Morgan fingerprint density at radius 2 is 1.89 bits per heavy atom. The van der Waals surface area contributed by atoms with E-state index in [9.17, 15) is 4.79 Å². The topological polar surface area (TPSA) is 60.5 Å². The molecule has 1 aromatic heterocycles. The molecule has 140 valence electrons. The lowest BCUT2D eigenvalue weighted by Crippen LogP contribution is -2.11. The first kappa shape index (κ1) is 18.9. The zero-order valence-electron chi connectivity index (χ0n) is 15.8. The van der Waals surface area contributed by atoms with Crippen LogP contribution in [0, 0.1) is 13.8 Å². The molecular formula is C21H22N2O3S. The van der Waals surface area contributed by atoms with Crippen LogP contribution in [0.1, 0.15) is 27.7 Å². The highest BCUT2D eigenvalue weighted by atomic mass is 32.1. The van der Waals surface area contributed by atoms with E-state index in [2.05, 4.69) is 10.3 Å². The van der Waals surface area contributed by atoms with E-state index in [0.29, 0.717) is 17.3 Å². The van der Waals surface area contributed by atoms with Gasteiger partial charge < -0.3 is 9.47 Å². The van der Waals surface area contributed by atoms with Gasteiger partial charge in [-0.3, -0.25) is 10.1 Å². The molecule has 0 fully saturated rings. The molecule has 2 aromatic carbocycles. The number of nitrogens with zero attached hydrogens (tertiary/aromatic N) is 1. The van der Waals surface area contributed by atoms with Crippen LogP contribution < -0.4 is 14.8 Å². The first-order chi connectivity index (χ1) is 13.0. The number of carbonyl (C=O) groups is 1. The van der Waals surface area contributed by atoms with Gasteiger partial charge in [0, 0.05) is 16.0 Å². The highest BCUT2D eigenvalue weighted by Gasteiger charge is 2.14. The number of nitrogens with one attached hydrogen (secondary N) is 1. The molecule has 0 radical (unpaired) electrons. The number of amides is 1. The number of methoxy groups -OCH3 is 1. The summed E-state index contributed by atoms with van der Waals surface area (Å²) >= 11 is 1.46. The van der Waals surface area contributed by atoms with Crippen molar-refractivity contribution in [3.8, 4) is 22.8 Å². The second-order valence-corrected chi connectivity index (χ2v) is 7.22. The Morgan fingerprint density at radius 3 is 2.52 bits per heavy atom. The number of anilines is 1. The Bertz CT molecular complexity index is 949. The average molecular weight is 382 g/mol. The van der Waals surface area contributed by atoms with Crippen molar-refractivity contribution in [2.75, 3.05) is 19.0 Å². The van der Waals surface area contributed by atoms with Crippen molar-refractivity contribution in [2.45, 2.75) is 20.8 Å². The Morgan fingerprint density at radius 1 is 1.15 bits per heavy atom. The van der Waals surface area contributed by atoms with E-state index in [-0.39, 0.29) is 5.91 Å². The zero-order chi connectivity index (χ0) is 19.4. The molecule has 5 nitrogen and oxygen atoms in total. The monoisotopic (exact) mass is 382 g/mol. The minimum atomic E-state index is -0.191. The fourth-order valence-corrected chi connectivity index (χ4v) is 3.61. The number of thiazole rings is 1. The van der Waals surface area contributed by atoms with Crippen molar-refractivity contribution in [1.82, 2.24) is 4.98 Å². The largest absolute Gasteiger partial charge is 0.496 e. The predicted molar refractivity (Wildman–Crippen MR) is 109 cm³/mol. The maximum absolute atomic E-state index is 12.5. The number of aryl methyl sites for hydroxylation is 2. The summed E-state index contributed by atoms with van der Waals surface area (Å²) < 4.78 is 10.7. The summed E-state index contributed by atoms with van der Waals surface area (Å²) in [7, 11) is 1.66. The van der Waals surface area contributed by atoms with Crippen LogP contribution in [0.2, 0.25) is 0 Å². The van der Waals surface area contributed by atoms with Gasteiger partial charge in [-0.2, -0.15) is 0 Å². The fraction of sp³-hybridized carbons (Fsp3) is 0.238. The van der Waals surface area contributed by atoms with Gasteiger partial charge in [-0.05, 0) is 68.8 Å². The lowest BCUT2D eigenvalue weighted by molar-refractivity contribution is 0.102. The van der Waals surface area contributed by atoms with Crippen LogP contribution >= 0.6 is 11.3 Å². The number of hydrogen-bond donors (Lipinski definition) is 1. The summed E-state index contributed by atoms with van der Waals surface area (Å²) in [6.45, 7) is 6.52. The van der Waals surface area contributed by atoms with E-state index >= 15 is 0 Å². The Labute approximate surface area is 163 Å². The summed E-state index contributed by atoms with van der Waals surface area (Å²) in [5.41, 5.74) is 3.48. The Hall–Kier alpha value is -2.86. The number of benzene rings is 2. The van der Waals surface area contributed by atoms with Crippen LogP contribution in [0.5, 0.6) is 11.5 Å². The van der Waals surface area contributed by atoms with Crippen molar-refractivity contribution >= 4 is 22.4 Å². The van der Waals surface area contributed by atoms with E-state index in [1.54, 1.807) is 31.4 Å². The molecule has 27 heavy (non-hydrogen) atoms. The van der Waals surface area contributed by atoms with Gasteiger partial charge in [0.2, 0.25) is 0 Å². The number of hydrogen-bond acceptors (Lipinski definition) is 5. The summed E-state index contributed by atoms with van der Waals surface area (Å²) in [5.74, 6) is 1.40. The molecular weight excluding hydrogens is 360 g/mol. The molecule has 0 saturated heterocycles. The SMILES string of the molecule is CCOc1ccc(C(=O)Nc2nc(-c3ccc(OC)c(C)c3)c(C)s2)cc1. The van der Waals surface area contributed by atoms with Crippen molar-refractivity contribution in [2.24, 2.45) is 0 Å². The molecule has 3 rings (SSSR count). The molecule has 0 atom stereocenters. The molecule has 0 aliphatic heterocycles. The van der Waals surface area contributed by atoms with Gasteiger partial charge in [-0.15, -0.1) is 11.3 Å². The van der Waals surface area contributed by atoms with Gasteiger partial charge in [0.25, 0.3) is 5.91 Å². The van der Waals surface area contributed by atoms with Crippen LogP contribution in [0.3, 0.4) is 0 Å². The van der Waals surface area contributed by atoms with E-state index in [4.69, 9.17) is 9.47 Å². The molecule has 0 aliphatic carbocycles. The summed E-state index contributed by atoms with van der Waals surface area (Å²) in [5, 5.41) is 3.46. The van der Waals surface area contributed by atoms with E-state index in [0.717, 1.165) is 33.2 Å². The summed E-state index contributed by atoms with van der Waals surface area (Å²) in [4.78, 5) is 18.1. The molecule has 0 saturated carbocycles. The van der Waals surface area contributed by atoms with Gasteiger partial charge >= 0.3 is 0 Å². The highest BCUT2D eigenvalue weighted by Crippen LogP contribution is 2.33. The standard InChI is InChI=1S/C21H22N2O3S/c1-5-26-17-9-6-15(7-10-17)20(24)23-21-22-19(14(3)27-21)16-8-11-18(25-4)13(2)12-16/h6-12H,5H2,1-4H3,(H,22,23,24). The quantitative estimate of drug-likeness (QED) is 0.645. The third-order valence-electron chi connectivity index (χ3n) is 4.11. The molecule has 0 bridgehead atoms. The number of carbonyl (C=O) groups excluding carboxylic acids is 1.